The summed E-state index contributed by atoms with van der Waals surface area (Å²) < 4.78 is 0. The third-order valence-electron chi connectivity index (χ3n) is 7.09. The Morgan fingerprint density at radius 2 is 1.70 bits per heavy atom. The van der Waals surface area contributed by atoms with E-state index in [4.69, 9.17) is 9.97 Å². The van der Waals surface area contributed by atoms with Crippen molar-refractivity contribution in [2.75, 3.05) is 31.1 Å². The van der Waals surface area contributed by atoms with Gasteiger partial charge in [0.1, 0.15) is 5.82 Å². The number of aryl methyl sites for hydroxylation is 1. The van der Waals surface area contributed by atoms with Crippen LogP contribution in [0.25, 0.3) is 11.4 Å². The summed E-state index contributed by atoms with van der Waals surface area (Å²) in [5, 5.41) is 0. The van der Waals surface area contributed by atoms with Crippen LogP contribution < -0.4 is 4.90 Å². The van der Waals surface area contributed by atoms with E-state index in [1.165, 1.54) is 44.3 Å². The maximum absolute atomic E-state index is 4.96. The summed E-state index contributed by atoms with van der Waals surface area (Å²) in [7, 11) is 0. The Balaban J connectivity index is 1.34. The van der Waals surface area contributed by atoms with E-state index in [1.54, 1.807) is 0 Å². The van der Waals surface area contributed by atoms with Crippen LogP contribution in [0.15, 0.2) is 24.5 Å². The summed E-state index contributed by atoms with van der Waals surface area (Å²) in [5.41, 5.74) is 3.32. The van der Waals surface area contributed by atoms with Crippen molar-refractivity contribution in [3.63, 3.8) is 0 Å². The quantitative estimate of drug-likeness (QED) is 0.836. The van der Waals surface area contributed by atoms with E-state index < -0.39 is 0 Å². The number of rotatable bonds is 3. The molecule has 0 N–H and O–H groups in total. The summed E-state index contributed by atoms with van der Waals surface area (Å²) in [6.07, 6.45) is 9.50. The SMILES string of the molecule is Cc1nc(-c2ccncc2)nc(N2CCN(C3CC4CCC3C4)CC2)c1C. The molecule has 5 nitrogen and oxygen atoms in total. The highest BCUT2D eigenvalue weighted by Crippen LogP contribution is 2.46. The second-order valence-corrected chi connectivity index (χ2v) is 8.58. The lowest BCUT2D eigenvalue weighted by Gasteiger charge is -2.41. The second-order valence-electron chi connectivity index (χ2n) is 8.58. The lowest BCUT2D eigenvalue weighted by atomic mass is 9.93. The Morgan fingerprint density at radius 1 is 0.926 bits per heavy atom. The molecule has 0 amide bonds. The largest absolute Gasteiger partial charge is 0.354 e. The summed E-state index contributed by atoms with van der Waals surface area (Å²) in [6.45, 7) is 8.73. The number of fused-ring (bicyclic) bond motifs is 2. The molecule has 3 aliphatic rings. The van der Waals surface area contributed by atoms with E-state index in [0.29, 0.717) is 0 Å². The van der Waals surface area contributed by atoms with Gasteiger partial charge in [0.2, 0.25) is 0 Å². The molecule has 2 bridgehead atoms. The zero-order valence-corrected chi connectivity index (χ0v) is 16.4. The average Bonchev–Trinajstić information content (AvgIpc) is 3.34. The zero-order chi connectivity index (χ0) is 18.4. The van der Waals surface area contributed by atoms with Crippen LogP contribution in [-0.4, -0.2) is 52.1 Å². The summed E-state index contributed by atoms with van der Waals surface area (Å²) >= 11 is 0. The summed E-state index contributed by atoms with van der Waals surface area (Å²) in [5.74, 6) is 3.92. The molecule has 0 spiro atoms. The molecule has 2 aromatic heterocycles. The Morgan fingerprint density at radius 3 is 2.37 bits per heavy atom. The first-order valence-corrected chi connectivity index (χ1v) is 10.4. The Kier molecular flexibility index (Phi) is 4.35. The summed E-state index contributed by atoms with van der Waals surface area (Å²) in [6, 6.07) is 4.83. The molecule has 5 rings (SSSR count). The van der Waals surface area contributed by atoms with Crippen LogP contribution >= 0.6 is 0 Å². The van der Waals surface area contributed by atoms with Gasteiger partial charge in [-0.2, -0.15) is 0 Å². The number of anilines is 1. The van der Waals surface area contributed by atoms with Crippen LogP contribution in [0.1, 0.15) is 36.9 Å². The molecule has 3 atom stereocenters. The van der Waals surface area contributed by atoms with Crippen LogP contribution in [0.5, 0.6) is 0 Å². The molecule has 2 aromatic rings. The van der Waals surface area contributed by atoms with Crippen LogP contribution in [0, 0.1) is 25.7 Å². The minimum Gasteiger partial charge on any atom is -0.354 e. The summed E-state index contributed by atoms with van der Waals surface area (Å²) in [4.78, 5) is 19.0. The molecular formula is C22H29N5. The van der Waals surface area contributed by atoms with Gasteiger partial charge < -0.3 is 4.90 Å². The van der Waals surface area contributed by atoms with Gasteiger partial charge in [-0.3, -0.25) is 9.88 Å². The fraction of sp³-hybridized carbons (Fsp3) is 0.591. The molecule has 2 aliphatic carbocycles. The first-order chi connectivity index (χ1) is 13.2. The topological polar surface area (TPSA) is 45.2 Å². The van der Waals surface area contributed by atoms with Gasteiger partial charge in [-0.1, -0.05) is 6.42 Å². The van der Waals surface area contributed by atoms with Gasteiger partial charge in [0.25, 0.3) is 0 Å². The number of hydrogen-bond donors (Lipinski definition) is 0. The number of piperazine rings is 1. The molecule has 3 unspecified atom stereocenters. The first kappa shape index (κ1) is 17.1. The van der Waals surface area contributed by atoms with Gasteiger partial charge in [0.15, 0.2) is 5.82 Å². The number of nitrogens with zero attached hydrogens (tertiary/aromatic N) is 5. The molecule has 1 saturated heterocycles. The minimum absolute atomic E-state index is 0.811. The van der Waals surface area contributed by atoms with E-state index in [2.05, 4.69) is 28.6 Å². The highest BCUT2D eigenvalue weighted by atomic mass is 15.3. The van der Waals surface area contributed by atoms with Crippen molar-refractivity contribution in [1.29, 1.82) is 0 Å². The van der Waals surface area contributed by atoms with E-state index in [0.717, 1.165) is 53.9 Å². The molecule has 5 heteroatoms. The number of pyridine rings is 1. The van der Waals surface area contributed by atoms with Crippen LogP contribution in [0.4, 0.5) is 5.82 Å². The molecule has 0 aromatic carbocycles. The van der Waals surface area contributed by atoms with Gasteiger partial charge >= 0.3 is 0 Å². The van der Waals surface area contributed by atoms with Crippen molar-refractivity contribution in [1.82, 2.24) is 19.9 Å². The van der Waals surface area contributed by atoms with E-state index in [-0.39, 0.29) is 0 Å². The maximum atomic E-state index is 4.96. The molecule has 2 saturated carbocycles. The van der Waals surface area contributed by atoms with Gasteiger partial charge in [-0.15, -0.1) is 0 Å². The fourth-order valence-electron chi connectivity index (χ4n) is 5.48. The van der Waals surface area contributed by atoms with Crippen molar-refractivity contribution >= 4 is 5.82 Å². The molecule has 142 valence electrons. The van der Waals surface area contributed by atoms with Crippen molar-refractivity contribution in [2.24, 2.45) is 11.8 Å². The normalized spacial score (nSPS) is 28.1. The van der Waals surface area contributed by atoms with Gasteiger partial charge in [-0.05, 0) is 57.1 Å². The van der Waals surface area contributed by atoms with Gasteiger partial charge in [-0.25, -0.2) is 9.97 Å². The van der Waals surface area contributed by atoms with Crippen molar-refractivity contribution in [3.8, 4) is 11.4 Å². The Hall–Kier alpha value is -2.01. The molecule has 27 heavy (non-hydrogen) atoms. The molecule has 3 heterocycles. The third kappa shape index (κ3) is 3.12. The van der Waals surface area contributed by atoms with Crippen molar-refractivity contribution in [3.05, 3.63) is 35.8 Å². The van der Waals surface area contributed by atoms with Crippen LogP contribution in [-0.2, 0) is 0 Å². The fourth-order valence-corrected chi connectivity index (χ4v) is 5.48. The van der Waals surface area contributed by atoms with Gasteiger partial charge in [0.05, 0.1) is 0 Å². The molecule has 0 radical (unpaired) electrons. The molecular weight excluding hydrogens is 334 g/mol. The second kappa shape index (κ2) is 6.86. The van der Waals surface area contributed by atoms with Crippen LogP contribution in [0.3, 0.4) is 0 Å². The standard InChI is InChI=1S/C22H29N5/c1-15-16(2)24-21(18-5-7-23-8-6-18)25-22(15)27-11-9-26(10-12-27)20-14-17-3-4-19(20)13-17/h5-8,17,19-20H,3-4,9-14H2,1-2H3. The lowest BCUT2D eigenvalue weighted by Crippen LogP contribution is -2.52. The third-order valence-corrected chi connectivity index (χ3v) is 7.09. The smallest absolute Gasteiger partial charge is 0.161 e. The monoisotopic (exact) mass is 363 g/mol. The Bertz CT molecular complexity index is 813. The maximum Gasteiger partial charge on any atom is 0.161 e. The highest BCUT2D eigenvalue weighted by Gasteiger charge is 2.42. The lowest BCUT2D eigenvalue weighted by molar-refractivity contribution is 0.134. The number of aromatic nitrogens is 3. The average molecular weight is 364 g/mol. The molecule has 1 aliphatic heterocycles. The highest BCUT2D eigenvalue weighted by molar-refractivity contribution is 5.60. The van der Waals surface area contributed by atoms with Gasteiger partial charge in [0, 0.05) is 61.4 Å². The van der Waals surface area contributed by atoms with E-state index in [9.17, 15) is 0 Å². The van der Waals surface area contributed by atoms with Crippen molar-refractivity contribution in [2.45, 2.75) is 45.6 Å². The van der Waals surface area contributed by atoms with E-state index in [1.807, 2.05) is 24.5 Å². The van der Waals surface area contributed by atoms with Crippen LogP contribution in [0.2, 0.25) is 0 Å². The van der Waals surface area contributed by atoms with E-state index >= 15 is 0 Å². The Labute approximate surface area is 161 Å². The first-order valence-electron chi connectivity index (χ1n) is 10.4. The minimum atomic E-state index is 0.811. The number of hydrogen-bond acceptors (Lipinski definition) is 5. The van der Waals surface area contributed by atoms with Crippen molar-refractivity contribution < 1.29 is 0 Å². The zero-order valence-electron chi connectivity index (χ0n) is 16.4. The predicted molar refractivity (Wildman–Crippen MR) is 108 cm³/mol. The molecule has 3 fully saturated rings. The predicted octanol–water partition coefficient (Wildman–Crippen LogP) is 3.47.